The molecule has 4 rings (SSSR count). The van der Waals surface area contributed by atoms with Crippen molar-refractivity contribution in [1.29, 1.82) is 0 Å². The van der Waals surface area contributed by atoms with Crippen molar-refractivity contribution in [2.45, 2.75) is 33.7 Å². The predicted octanol–water partition coefficient (Wildman–Crippen LogP) is 4.36. The van der Waals surface area contributed by atoms with E-state index in [0.717, 1.165) is 10.0 Å². The quantitative estimate of drug-likeness (QED) is 0.376. The number of esters is 1. The molecular formula is C27H27BrN2O5S. The molecule has 188 valence electrons. The summed E-state index contributed by atoms with van der Waals surface area (Å²) in [6.45, 7) is 8.45. The van der Waals surface area contributed by atoms with Gasteiger partial charge in [-0.1, -0.05) is 45.5 Å². The third kappa shape index (κ3) is 5.17. The Morgan fingerprint density at radius 2 is 1.75 bits per heavy atom. The van der Waals surface area contributed by atoms with E-state index in [2.05, 4.69) is 20.9 Å². The highest BCUT2D eigenvalue weighted by molar-refractivity contribution is 9.10. The van der Waals surface area contributed by atoms with Crippen molar-refractivity contribution < 1.29 is 19.0 Å². The summed E-state index contributed by atoms with van der Waals surface area (Å²) in [5, 5.41) is 0. The van der Waals surface area contributed by atoms with E-state index in [4.69, 9.17) is 14.2 Å². The second-order valence-electron chi connectivity index (χ2n) is 7.93. The maximum atomic E-state index is 13.7. The summed E-state index contributed by atoms with van der Waals surface area (Å²) in [4.78, 5) is 32.0. The van der Waals surface area contributed by atoms with Crippen molar-refractivity contribution in [1.82, 2.24) is 4.57 Å². The van der Waals surface area contributed by atoms with Gasteiger partial charge in [0.25, 0.3) is 5.56 Å². The van der Waals surface area contributed by atoms with E-state index in [-0.39, 0.29) is 12.2 Å². The molecular weight excluding hydrogens is 544 g/mol. The third-order valence-corrected chi connectivity index (χ3v) is 7.08. The van der Waals surface area contributed by atoms with Gasteiger partial charge in [0.2, 0.25) is 0 Å². The van der Waals surface area contributed by atoms with Crippen LogP contribution in [0.3, 0.4) is 0 Å². The number of thiazole rings is 1. The summed E-state index contributed by atoms with van der Waals surface area (Å²) in [5.74, 6) is 0.647. The number of carbonyl (C=O) groups is 1. The van der Waals surface area contributed by atoms with Gasteiger partial charge in [0.15, 0.2) is 16.3 Å². The third-order valence-electron chi connectivity index (χ3n) is 5.57. The van der Waals surface area contributed by atoms with Crippen LogP contribution in [-0.2, 0) is 9.53 Å². The van der Waals surface area contributed by atoms with Crippen molar-refractivity contribution in [3.05, 3.63) is 89.0 Å². The van der Waals surface area contributed by atoms with Crippen LogP contribution in [0.5, 0.6) is 11.5 Å². The Labute approximate surface area is 221 Å². The molecule has 2 aromatic carbocycles. The number of fused-ring (bicyclic) bond motifs is 1. The highest BCUT2D eigenvalue weighted by Crippen LogP contribution is 2.36. The number of rotatable bonds is 8. The summed E-state index contributed by atoms with van der Waals surface area (Å²) in [6.07, 6.45) is 1.83. The molecule has 0 bridgehead atoms. The zero-order valence-electron chi connectivity index (χ0n) is 20.5. The van der Waals surface area contributed by atoms with Crippen LogP contribution in [-0.4, -0.2) is 30.4 Å². The number of nitrogens with zero attached hydrogens (tertiary/aromatic N) is 2. The Kier molecular flexibility index (Phi) is 8.11. The number of allylic oxidation sites excluding steroid dienone is 1. The molecule has 9 heteroatoms. The molecule has 0 saturated heterocycles. The molecule has 0 N–H and O–H groups in total. The van der Waals surface area contributed by atoms with Crippen LogP contribution in [0.25, 0.3) is 6.08 Å². The van der Waals surface area contributed by atoms with Gasteiger partial charge < -0.3 is 14.2 Å². The Balaban J connectivity index is 1.94. The van der Waals surface area contributed by atoms with Gasteiger partial charge >= 0.3 is 5.97 Å². The van der Waals surface area contributed by atoms with Crippen LogP contribution in [0, 0.1) is 0 Å². The molecule has 0 aliphatic carbocycles. The average molecular weight is 571 g/mol. The molecule has 1 aromatic heterocycles. The first-order valence-corrected chi connectivity index (χ1v) is 13.3. The minimum atomic E-state index is -0.720. The monoisotopic (exact) mass is 570 g/mol. The molecule has 7 nitrogen and oxygen atoms in total. The fraction of sp³-hybridized carbons (Fsp3) is 0.296. The number of halogens is 1. The van der Waals surface area contributed by atoms with Gasteiger partial charge in [-0.3, -0.25) is 9.36 Å². The molecule has 0 unspecified atom stereocenters. The van der Waals surface area contributed by atoms with Gasteiger partial charge in [0.1, 0.15) is 0 Å². The van der Waals surface area contributed by atoms with Crippen LogP contribution in [0.2, 0.25) is 0 Å². The molecule has 36 heavy (non-hydrogen) atoms. The van der Waals surface area contributed by atoms with Gasteiger partial charge in [-0.2, -0.15) is 0 Å². The zero-order chi connectivity index (χ0) is 25.8. The Hall–Kier alpha value is -3.17. The number of ether oxygens (including phenoxy) is 3. The first-order chi connectivity index (χ1) is 17.4. The zero-order valence-corrected chi connectivity index (χ0v) is 22.9. The summed E-state index contributed by atoms with van der Waals surface area (Å²) >= 11 is 4.73. The summed E-state index contributed by atoms with van der Waals surface area (Å²) < 4.78 is 20.0. The number of carbonyl (C=O) groups excluding carboxylic acids is 1. The van der Waals surface area contributed by atoms with Crippen LogP contribution < -0.4 is 24.4 Å². The lowest BCUT2D eigenvalue weighted by molar-refractivity contribution is -0.139. The average Bonchev–Trinajstić information content (AvgIpc) is 3.15. The predicted molar refractivity (Wildman–Crippen MR) is 143 cm³/mol. The summed E-state index contributed by atoms with van der Waals surface area (Å²) in [7, 11) is 0. The molecule has 0 amide bonds. The standard InChI is InChI=1S/C27H27BrN2O5S/c1-5-33-20-13-10-18(15-21(20)34-6-2)24-23(26(32)35-7-3)16(4)29-27-30(24)25(31)22(36-27)14-17-8-11-19(28)12-9-17/h8-15,24H,5-7H2,1-4H3/b22-14-/t24-/m0/s1. The summed E-state index contributed by atoms with van der Waals surface area (Å²) in [6, 6.07) is 12.5. The van der Waals surface area contributed by atoms with Crippen LogP contribution >= 0.6 is 27.3 Å². The molecule has 2 heterocycles. The molecule has 3 aromatic rings. The molecule has 0 radical (unpaired) electrons. The number of aromatic nitrogens is 1. The van der Waals surface area contributed by atoms with Crippen LogP contribution in [0.15, 0.2) is 68.0 Å². The van der Waals surface area contributed by atoms with Crippen molar-refractivity contribution in [3.8, 4) is 11.5 Å². The van der Waals surface area contributed by atoms with Gasteiger partial charge in [-0.05, 0) is 69.2 Å². The Morgan fingerprint density at radius 3 is 2.42 bits per heavy atom. The fourth-order valence-corrected chi connectivity index (χ4v) is 5.37. The topological polar surface area (TPSA) is 79.1 Å². The molecule has 1 aliphatic heterocycles. The lowest BCUT2D eigenvalue weighted by Crippen LogP contribution is -2.40. The van der Waals surface area contributed by atoms with E-state index < -0.39 is 12.0 Å². The van der Waals surface area contributed by atoms with E-state index in [1.807, 2.05) is 56.3 Å². The van der Waals surface area contributed by atoms with Crippen molar-refractivity contribution in [2.75, 3.05) is 19.8 Å². The minimum absolute atomic E-state index is 0.212. The van der Waals surface area contributed by atoms with E-state index in [0.29, 0.717) is 50.9 Å². The van der Waals surface area contributed by atoms with Gasteiger partial charge in [-0.25, -0.2) is 9.79 Å². The number of hydrogen-bond donors (Lipinski definition) is 0. The molecule has 0 spiro atoms. The molecule has 0 saturated carbocycles. The smallest absolute Gasteiger partial charge is 0.338 e. The molecule has 0 fully saturated rings. The van der Waals surface area contributed by atoms with Crippen LogP contribution in [0.1, 0.15) is 44.9 Å². The van der Waals surface area contributed by atoms with E-state index in [1.54, 1.807) is 24.5 Å². The maximum absolute atomic E-state index is 13.7. The molecule has 1 aliphatic rings. The first-order valence-electron chi connectivity index (χ1n) is 11.7. The normalized spacial score (nSPS) is 15.4. The van der Waals surface area contributed by atoms with E-state index >= 15 is 0 Å². The number of hydrogen-bond acceptors (Lipinski definition) is 7. The second-order valence-corrected chi connectivity index (χ2v) is 9.85. The van der Waals surface area contributed by atoms with Gasteiger partial charge in [0.05, 0.1) is 41.7 Å². The first kappa shape index (κ1) is 25.9. The second kappa shape index (κ2) is 11.3. The largest absolute Gasteiger partial charge is 0.490 e. The van der Waals surface area contributed by atoms with Crippen molar-refractivity contribution >= 4 is 39.3 Å². The highest BCUT2D eigenvalue weighted by Gasteiger charge is 2.34. The Morgan fingerprint density at radius 1 is 1.06 bits per heavy atom. The van der Waals surface area contributed by atoms with Gasteiger partial charge in [-0.15, -0.1) is 0 Å². The summed E-state index contributed by atoms with van der Waals surface area (Å²) in [5.41, 5.74) is 2.21. The maximum Gasteiger partial charge on any atom is 0.338 e. The highest BCUT2D eigenvalue weighted by atomic mass is 79.9. The lowest BCUT2D eigenvalue weighted by atomic mass is 9.95. The van der Waals surface area contributed by atoms with E-state index in [9.17, 15) is 9.59 Å². The fourth-order valence-electron chi connectivity index (χ4n) is 4.06. The van der Waals surface area contributed by atoms with Crippen LogP contribution in [0.4, 0.5) is 0 Å². The SMILES string of the molecule is CCOC(=O)C1=C(C)N=c2s/c(=C\c3ccc(Br)cc3)c(=O)n2[C@H]1c1ccc(OCC)c(OCC)c1. The minimum Gasteiger partial charge on any atom is -0.490 e. The van der Waals surface area contributed by atoms with Crippen molar-refractivity contribution in [3.63, 3.8) is 0 Å². The van der Waals surface area contributed by atoms with E-state index in [1.165, 1.54) is 11.3 Å². The lowest BCUT2D eigenvalue weighted by Gasteiger charge is -2.25. The van der Waals surface area contributed by atoms with Crippen molar-refractivity contribution in [2.24, 2.45) is 4.99 Å². The van der Waals surface area contributed by atoms with Gasteiger partial charge in [0, 0.05) is 4.47 Å². The number of benzene rings is 2. The Bertz CT molecular complexity index is 1490. The molecule has 1 atom stereocenters.